The molecular formula is C26H18S2. The summed E-state index contributed by atoms with van der Waals surface area (Å²) in [6, 6.07) is 31.4. The van der Waals surface area contributed by atoms with E-state index >= 15 is 0 Å². The quantitative estimate of drug-likeness (QED) is 0.268. The minimum absolute atomic E-state index is 0.266. The van der Waals surface area contributed by atoms with E-state index in [2.05, 4.69) is 104 Å². The second kappa shape index (κ2) is 5.79. The van der Waals surface area contributed by atoms with Gasteiger partial charge in [0, 0.05) is 14.7 Å². The standard InChI is InChI=1S/C26H18S2/c1-16-10-12-22-24(14-16)28-25-15-17(27)11-13-23(25)26(22)20-8-4-2-6-18(20)19-7-3-5-9-21(19)26/h2-15,27H,1H3. The number of hydrogen-bond donors (Lipinski definition) is 1. The van der Waals surface area contributed by atoms with Gasteiger partial charge in [0.15, 0.2) is 0 Å². The summed E-state index contributed by atoms with van der Waals surface area (Å²) in [6.07, 6.45) is 0. The summed E-state index contributed by atoms with van der Waals surface area (Å²) in [5, 5.41) is 0. The lowest BCUT2D eigenvalue weighted by Gasteiger charge is -2.39. The molecule has 0 N–H and O–H groups in total. The molecule has 0 bridgehead atoms. The fraction of sp³-hybridized carbons (Fsp3) is 0.0769. The predicted octanol–water partition coefficient (Wildman–Crippen LogP) is 7.11. The van der Waals surface area contributed by atoms with Gasteiger partial charge in [-0.3, -0.25) is 0 Å². The van der Waals surface area contributed by atoms with E-state index in [0.29, 0.717) is 0 Å². The van der Waals surface area contributed by atoms with Gasteiger partial charge in [0.05, 0.1) is 5.41 Å². The summed E-state index contributed by atoms with van der Waals surface area (Å²) >= 11 is 6.51. The van der Waals surface area contributed by atoms with Gasteiger partial charge in [0.25, 0.3) is 0 Å². The van der Waals surface area contributed by atoms with Crippen molar-refractivity contribution in [3.63, 3.8) is 0 Å². The highest BCUT2D eigenvalue weighted by molar-refractivity contribution is 7.99. The average Bonchev–Trinajstić information content (AvgIpc) is 2.99. The summed E-state index contributed by atoms with van der Waals surface area (Å²) in [5.74, 6) is 0. The van der Waals surface area contributed by atoms with Crippen LogP contribution in [0.4, 0.5) is 0 Å². The van der Waals surface area contributed by atoms with Crippen LogP contribution in [0.2, 0.25) is 0 Å². The van der Waals surface area contributed by atoms with Gasteiger partial charge in [-0.05, 0) is 64.1 Å². The summed E-state index contributed by atoms with van der Waals surface area (Å²) in [5.41, 5.74) is 9.24. The molecule has 0 radical (unpaired) electrons. The highest BCUT2D eigenvalue weighted by Gasteiger charge is 2.49. The molecule has 1 aliphatic carbocycles. The SMILES string of the molecule is Cc1ccc2c(c1)Sc1cc(S)ccc1C21c2ccccc2-c2ccccc21. The first-order chi connectivity index (χ1) is 13.7. The molecule has 0 aromatic heterocycles. The summed E-state index contributed by atoms with van der Waals surface area (Å²) in [4.78, 5) is 3.66. The van der Waals surface area contributed by atoms with Gasteiger partial charge in [-0.15, -0.1) is 12.6 Å². The Morgan fingerprint density at radius 1 is 0.643 bits per heavy atom. The Kier molecular flexibility index (Phi) is 3.42. The Balaban J connectivity index is 1.84. The predicted molar refractivity (Wildman–Crippen MR) is 120 cm³/mol. The molecule has 4 aromatic carbocycles. The van der Waals surface area contributed by atoms with Crippen molar-refractivity contribution in [3.05, 3.63) is 113 Å². The topological polar surface area (TPSA) is 0 Å². The van der Waals surface area contributed by atoms with E-state index in [1.54, 1.807) is 0 Å². The molecule has 134 valence electrons. The van der Waals surface area contributed by atoms with Crippen LogP contribution in [0.15, 0.2) is 99.6 Å². The highest BCUT2D eigenvalue weighted by Crippen LogP contribution is 2.62. The molecule has 1 spiro atoms. The first kappa shape index (κ1) is 16.5. The molecule has 1 heterocycles. The number of benzene rings is 4. The monoisotopic (exact) mass is 394 g/mol. The van der Waals surface area contributed by atoms with Gasteiger partial charge >= 0.3 is 0 Å². The molecule has 0 unspecified atom stereocenters. The van der Waals surface area contributed by atoms with E-state index in [0.717, 1.165) is 4.90 Å². The molecule has 2 aliphatic rings. The molecule has 4 aromatic rings. The van der Waals surface area contributed by atoms with Crippen molar-refractivity contribution < 1.29 is 0 Å². The molecule has 1 aliphatic heterocycles. The van der Waals surface area contributed by atoms with Crippen molar-refractivity contribution in [2.24, 2.45) is 0 Å². The lowest BCUT2D eigenvalue weighted by molar-refractivity contribution is 0.719. The minimum Gasteiger partial charge on any atom is -0.143 e. The number of thiol groups is 1. The summed E-state index contributed by atoms with van der Waals surface area (Å²) < 4.78 is 0. The second-order valence-electron chi connectivity index (χ2n) is 7.62. The molecule has 0 amide bonds. The van der Waals surface area contributed by atoms with Gasteiger partial charge in [-0.1, -0.05) is 78.5 Å². The van der Waals surface area contributed by atoms with Gasteiger partial charge in [-0.2, -0.15) is 0 Å². The Labute approximate surface area is 175 Å². The molecular weight excluding hydrogens is 376 g/mol. The normalized spacial score (nSPS) is 14.9. The third kappa shape index (κ3) is 2.00. The first-order valence-corrected chi connectivity index (χ1v) is 10.8. The third-order valence-corrected chi connectivity index (χ3v) is 7.48. The maximum absolute atomic E-state index is 4.64. The molecule has 0 saturated carbocycles. The molecule has 0 saturated heterocycles. The highest BCUT2D eigenvalue weighted by atomic mass is 32.2. The fourth-order valence-electron chi connectivity index (χ4n) is 5.01. The van der Waals surface area contributed by atoms with Crippen LogP contribution >= 0.6 is 24.4 Å². The molecule has 0 nitrogen and oxygen atoms in total. The van der Waals surface area contributed by atoms with Crippen LogP contribution in [-0.2, 0) is 5.41 Å². The van der Waals surface area contributed by atoms with Gasteiger partial charge < -0.3 is 0 Å². The zero-order chi connectivity index (χ0) is 18.9. The smallest absolute Gasteiger partial charge is 0.0735 e. The van der Waals surface area contributed by atoms with Crippen molar-refractivity contribution in [2.45, 2.75) is 27.0 Å². The molecule has 2 heteroatoms. The van der Waals surface area contributed by atoms with Crippen LogP contribution in [0.1, 0.15) is 27.8 Å². The minimum atomic E-state index is -0.266. The van der Waals surface area contributed by atoms with E-state index in [1.165, 1.54) is 48.7 Å². The fourth-order valence-corrected chi connectivity index (χ4v) is 6.63. The van der Waals surface area contributed by atoms with Crippen LogP contribution in [-0.4, -0.2) is 0 Å². The summed E-state index contributed by atoms with van der Waals surface area (Å²) in [6.45, 7) is 2.18. The van der Waals surface area contributed by atoms with E-state index in [4.69, 9.17) is 0 Å². The third-order valence-electron chi connectivity index (χ3n) is 6.08. The lowest BCUT2D eigenvalue weighted by atomic mass is 9.67. The number of rotatable bonds is 0. The first-order valence-electron chi connectivity index (χ1n) is 9.51. The number of fused-ring (bicyclic) bond motifs is 9. The Morgan fingerprint density at radius 3 is 1.89 bits per heavy atom. The maximum Gasteiger partial charge on any atom is 0.0735 e. The van der Waals surface area contributed by atoms with Gasteiger partial charge in [-0.25, -0.2) is 0 Å². The molecule has 28 heavy (non-hydrogen) atoms. The zero-order valence-corrected chi connectivity index (χ0v) is 17.1. The van der Waals surface area contributed by atoms with E-state index < -0.39 is 0 Å². The maximum atomic E-state index is 4.64. The van der Waals surface area contributed by atoms with Crippen LogP contribution < -0.4 is 0 Å². The largest absolute Gasteiger partial charge is 0.143 e. The van der Waals surface area contributed by atoms with Crippen LogP contribution in [0.3, 0.4) is 0 Å². The molecule has 0 atom stereocenters. The van der Waals surface area contributed by atoms with Crippen LogP contribution in [0, 0.1) is 6.92 Å². The van der Waals surface area contributed by atoms with Crippen molar-refractivity contribution >= 4 is 24.4 Å². The Morgan fingerprint density at radius 2 is 1.21 bits per heavy atom. The second-order valence-corrected chi connectivity index (χ2v) is 9.22. The van der Waals surface area contributed by atoms with Crippen molar-refractivity contribution in [2.75, 3.05) is 0 Å². The van der Waals surface area contributed by atoms with Gasteiger partial charge in [0.1, 0.15) is 0 Å². The van der Waals surface area contributed by atoms with E-state index in [1.807, 2.05) is 11.8 Å². The van der Waals surface area contributed by atoms with Crippen molar-refractivity contribution in [1.29, 1.82) is 0 Å². The molecule has 0 fully saturated rings. The molecule has 6 rings (SSSR count). The average molecular weight is 395 g/mol. The van der Waals surface area contributed by atoms with Crippen molar-refractivity contribution in [3.8, 4) is 11.1 Å². The van der Waals surface area contributed by atoms with Gasteiger partial charge in [0.2, 0.25) is 0 Å². The number of hydrogen-bond acceptors (Lipinski definition) is 2. The van der Waals surface area contributed by atoms with Crippen LogP contribution in [0.25, 0.3) is 11.1 Å². The van der Waals surface area contributed by atoms with E-state index in [9.17, 15) is 0 Å². The van der Waals surface area contributed by atoms with E-state index in [-0.39, 0.29) is 5.41 Å². The van der Waals surface area contributed by atoms with Crippen molar-refractivity contribution in [1.82, 2.24) is 0 Å². The lowest BCUT2D eigenvalue weighted by Crippen LogP contribution is -2.32. The number of aryl methyl sites for hydroxylation is 1. The van der Waals surface area contributed by atoms with Crippen LogP contribution in [0.5, 0.6) is 0 Å². The summed E-state index contributed by atoms with van der Waals surface area (Å²) in [7, 11) is 0. The Bertz CT molecular complexity index is 1170. The Hall–Kier alpha value is -2.42. The zero-order valence-electron chi connectivity index (χ0n) is 15.4.